The van der Waals surface area contributed by atoms with Crippen molar-refractivity contribution in [1.82, 2.24) is 0 Å². The molecule has 0 atom stereocenters. The molecule has 0 aliphatic carbocycles. The molecule has 14 nitrogen and oxygen atoms in total. The van der Waals surface area contributed by atoms with Gasteiger partial charge in [-0.05, 0) is 109 Å². The molecule has 6 rings (SSSR count). The number of carbonyl (C=O) groups is 5. The van der Waals surface area contributed by atoms with Gasteiger partial charge in [-0.3, -0.25) is 15.4 Å². The Morgan fingerprint density at radius 3 is 1.09 bits per heavy atom. The number of ether oxygens (including phenoxy) is 2. The van der Waals surface area contributed by atoms with E-state index < -0.39 is 24.2 Å². The predicted molar refractivity (Wildman–Crippen MR) is 211 cm³/mol. The Kier molecular flexibility index (Phi) is 11.9. The highest BCUT2D eigenvalue weighted by Crippen LogP contribution is 2.20. The summed E-state index contributed by atoms with van der Waals surface area (Å²) in [5, 5.41) is 18.8. The van der Waals surface area contributed by atoms with Crippen molar-refractivity contribution in [1.29, 1.82) is 0 Å². The van der Waals surface area contributed by atoms with Gasteiger partial charge in [0.25, 0.3) is 5.91 Å². The Hall–Kier alpha value is -8.13. The number of amides is 7. The maximum atomic E-state index is 12.9. The minimum Gasteiger partial charge on any atom is -0.410 e. The molecule has 6 aromatic rings. The van der Waals surface area contributed by atoms with E-state index in [1.54, 1.807) is 146 Å². The lowest BCUT2D eigenvalue weighted by molar-refractivity contribution is 0.102. The monoisotopic (exact) mass is 735 g/mol. The van der Waals surface area contributed by atoms with Crippen LogP contribution in [0.1, 0.15) is 10.4 Å². The molecule has 0 aliphatic rings. The molecule has 7 amide bonds. The molecule has 0 aliphatic heterocycles. The van der Waals surface area contributed by atoms with E-state index in [2.05, 4.69) is 37.2 Å². The lowest BCUT2D eigenvalue weighted by Gasteiger charge is -2.11. The van der Waals surface area contributed by atoms with Gasteiger partial charge in [-0.2, -0.15) is 0 Å². The molecule has 0 unspecified atom stereocenters. The van der Waals surface area contributed by atoms with Crippen molar-refractivity contribution >= 4 is 70.0 Å². The fourth-order valence-corrected chi connectivity index (χ4v) is 4.96. The minimum atomic E-state index is -0.675. The Labute approximate surface area is 314 Å². The summed E-state index contributed by atoms with van der Waals surface area (Å²) in [4.78, 5) is 62.6. The zero-order valence-electron chi connectivity index (χ0n) is 28.9. The predicted octanol–water partition coefficient (Wildman–Crippen LogP) is 9.45. The van der Waals surface area contributed by atoms with Gasteiger partial charge in [-0.1, -0.05) is 48.5 Å². The molecule has 0 spiro atoms. The minimum absolute atomic E-state index is 0.346. The number of rotatable bonds is 10. The Morgan fingerprint density at radius 2 is 0.673 bits per heavy atom. The summed E-state index contributed by atoms with van der Waals surface area (Å²) in [7, 11) is 0. The summed E-state index contributed by atoms with van der Waals surface area (Å²) in [6.45, 7) is 0. The summed E-state index contributed by atoms with van der Waals surface area (Å²) in [5.74, 6) is 0.404. The van der Waals surface area contributed by atoms with Crippen LogP contribution in [0.4, 0.5) is 59.0 Å². The van der Waals surface area contributed by atoms with Crippen molar-refractivity contribution in [3.05, 3.63) is 163 Å². The average Bonchev–Trinajstić information content (AvgIpc) is 3.17. The molecule has 7 N–H and O–H groups in total. The normalized spacial score (nSPS) is 10.2. The lowest BCUT2D eigenvalue weighted by atomic mass is 10.2. The topological polar surface area (TPSA) is 188 Å². The first-order valence-corrected chi connectivity index (χ1v) is 16.7. The SMILES string of the molecule is O=C(Nc1ccc(NC(=O)c2ccc(NC(=O)Nc3cccc(NC(=O)Oc4ccccc4)c3)cc2)cc1)Nc1cccc(NC(=O)Oc2ccccc2)c1. The second-order valence-corrected chi connectivity index (χ2v) is 11.6. The van der Waals surface area contributed by atoms with Gasteiger partial charge in [0.15, 0.2) is 0 Å². The zero-order valence-corrected chi connectivity index (χ0v) is 28.9. The van der Waals surface area contributed by atoms with Crippen molar-refractivity contribution < 1.29 is 33.4 Å². The van der Waals surface area contributed by atoms with Crippen LogP contribution < -0.4 is 46.7 Å². The molecule has 0 saturated carbocycles. The highest BCUT2D eigenvalue weighted by Gasteiger charge is 2.11. The van der Waals surface area contributed by atoms with E-state index >= 15 is 0 Å². The van der Waals surface area contributed by atoms with E-state index in [1.165, 1.54) is 0 Å². The third-order valence-corrected chi connectivity index (χ3v) is 7.45. The van der Waals surface area contributed by atoms with E-state index in [9.17, 15) is 24.0 Å². The van der Waals surface area contributed by atoms with Crippen molar-refractivity contribution in [3.63, 3.8) is 0 Å². The number of anilines is 7. The molecule has 0 heterocycles. The molecule has 0 fully saturated rings. The highest BCUT2D eigenvalue weighted by molar-refractivity contribution is 6.06. The summed E-state index contributed by atoms with van der Waals surface area (Å²) >= 11 is 0. The quantitative estimate of drug-likeness (QED) is 0.0729. The number of urea groups is 2. The van der Waals surface area contributed by atoms with Gasteiger partial charge in [0, 0.05) is 45.4 Å². The third kappa shape index (κ3) is 11.4. The number of para-hydroxylation sites is 2. The third-order valence-electron chi connectivity index (χ3n) is 7.45. The van der Waals surface area contributed by atoms with Gasteiger partial charge < -0.3 is 36.1 Å². The van der Waals surface area contributed by atoms with Gasteiger partial charge in [-0.15, -0.1) is 0 Å². The molecular formula is C41H33N7O7. The van der Waals surface area contributed by atoms with Gasteiger partial charge in [0.1, 0.15) is 11.5 Å². The van der Waals surface area contributed by atoms with Crippen LogP contribution in [0.25, 0.3) is 0 Å². The van der Waals surface area contributed by atoms with Gasteiger partial charge in [0.2, 0.25) is 0 Å². The lowest BCUT2D eigenvalue weighted by Crippen LogP contribution is -2.20. The molecule has 6 aromatic carbocycles. The number of hydrogen-bond donors (Lipinski definition) is 7. The molecule has 0 bridgehead atoms. The van der Waals surface area contributed by atoms with Gasteiger partial charge in [0.05, 0.1) is 0 Å². The molecule has 0 saturated heterocycles. The summed E-state index contributed by atoms with van der Waals surface area (Å²) in [6, 6.07) is 42.1. The summed E-state index contributed by atoms with van der Waals surface area (Å²) in [6.07, 6.45) is -1.35. The van der Waals surface area contributed by atoms with Crippen molar-refractivity contribution in [2.75, 3.05) is 37.2 Å². The molecule has 274 valence electrons. The van der Waals surface area contributed by atoms with Crippen LogP contribution in [-0.2, 0) is 0 Å². The van der Waals surface area contributed by atoms with Crippen LogP contribution in [0.15, 0.2) is 158 Å². The first-order valence-electron chi connectivity index (χ1n) is 16.7. The van der Waals surface area contributed by atoms with E-state index in [0.29, 0.717) is 56.9 Å². The van der Waals surface area contributed by atoms with Crippen LogP contribution >= 0.6 is 0 Å². The van der Waals surface area contributed by atoms with Crippen LogP contribution in [0.2, 0.25) is 0 Å². The second kappa shape index (κ2) is 17.9. The summed E-state index contributed by atoms with van der Waals surface area (Å²) in [5.41, 5.74) is 3.45. The molecule has 55 heavy (non-hydrogen) atoms. The first-order chi connectivity index (χ1) is 26.7. The largest absolute Gasteiger partial charge is 0.417 e. The number of carbonyl (C=O) groups excluding carboxylic acids is 5. The Morgan fingerprint density at radius 1 is 0.327 bits per heavy atom. The average molecular weight is 736 g/mol. The number of nitrogens with one attached hydrogen (secondary N) is 7. The second-order valence-electron chi connectivity index (χ2n) is 11.6. The van der Waals surface area contributed by atoms with E-state index in [0.717, 1.165) is 0 Å². The van der Waals surface area contributed by atoms with E-state index in [-0.39, 0.29) is 5.91 Å². The standard InChI is InChI=1S/C41H33N7O7/c49-37(27-17-19-29(20-18-27)43-38(50)45-31-9-7-11-33(25-31)47-40(52)54-35-13-3-1-4-14-35)42-28-21-23-30(24-22-28)44-39(51)46-32-10-8-12-34(26-32)48-41(53)55-36-15-5-2-6-16-36/h1-26H,(H,42,49)(H,47,52)(H,48,53)(H2,43,45,50)(H2,44,46,51). The van der Waals surface area contributed by atoms with Crippen LogP contribution in [0, 0.1) is 0 Å². The van der Waals surface area contributed by atoms with E-state index in [1.807, 2.05) is 12.1 Å². The Bertz CT molecular complexity index is 2290. The molecule has 14 heteroatoms. The van der Waals surface area contributed by atoms with Gasteiger partial charge in [-0.25, -0.2) is 19.2 Å². The number of benzene rings is 6. The van der Waals surface area contributed by atoms with Crippen LogP contribution in [0.3, 0.4) is 0 Å². The Balaban J connectivity index is 0.934. The molecule has 0 aromatic heterocycles. The van der Waals surface area contributed by atoms with Crippen molar-refractivity contribution in [2.24, 2.45) is 0 Å². The highest BCUT2D eigenvalue weighted by atomic mass is 16.6. The van der Waals surface area contributed by atoms with Gasteiger partial charge >= 0.3 is 24.2 Å². The molecule has 0 radical (unpaired) electrons. The first kappa shape index (κ1) is 36.7. The van der Waals surface area contributed by atoms with Crippen molar-refractivity contribution in [2.45, 2.75) is 0 Å². The maximum absolute atomic E-state index is 12.9. The van der Waals surface area contributed by atoms with Crippen LogP contribution in [0.5, 0.6) is 11.5 Å². The van der Waals surface area contributed by atoms with Crippen LogP contribution in [-0.4, -0.2) is 30.2 Å². The maximum Gasteiger partial charge on any atom is 0.417 e. The smallest absolute Gasteiger partial charge is 0.410 e. The zero-order chi connectivity index (χ0) is 38.4. The van der Waals surface area contributed by atoms with E-state index in [4.69, 9.17) is 9.47 Å². The fraction of sp³-hybridized carbons (Fsp3) is 0. The fourth-order valence-electron chi connectivity index (χ4n) is 4.96. The number of hydrogen-bond acceptors (Lipinski definition) is 7. The van der Waals surface area contributed by atoms with Crippen molar-refractivity contribution in [3.8, 4) is 11.5 Å². The summed E-state index contributed by atoms with van der Waals surface area (Å²) < 4.78 is 10.5. The molecular weight excluding hydrogens is 702 g/mol.